The fourth-order valence-corrected chi connectivity index (χ4v) is 1.34. The molecule has 17 heavy (non-hydrogen) atoms. The molecule has 0 atom stereocenters. The van der Waals surface area contributed by atoms with Gasteiger partial charge in [-0.1, -0.05) is 12.1 Å². The van der Waals surface area contributed by atoms with E-state index in [9.17, 15) is 8.78 Å². The van der Waals surface area contributed by atoms with Crippen LogP contribution < -0.4 is 11.1 Å². The van der Waals surface area contributed by atoms with Gasteiger partial charge in [-0.2, -0.15) is 4.98 Å². The first-order valence-corrected chi connectivity index (χ1v) is 4.91. The van der Waals surface area contributed by atoms with Crippen molar-refractivity contribution in [2.75, 3.05) is 11.1 Å². The van der Waals surface area contributed by atoms with Crippen molar-refractivity contribution in [3.8, 4) is 0 Å². The summed E-state index contributed by atoms with van der Waals surface area (Å²) in [5.41, 5.74) is 6.01. The SMILES string of the molecule is Nc1ncc(F)c(NCc2cccc(F)c2)n1. The molecule has 6 heteroatoms. The van der Waals surface area contributed by atoms with Gasteiger partial charge in [0.1, 0.15) is 5.82 Å². The first kappa shape index (κ1) is 11.3. The Labute approximate surface area is 96.5 Å². The number of halogens is 2. The van der Waals surface area contributed by atoms with E-state index in [2.05, 4.69) is 15.3 Å². The van der Waals surface area contributed by atoms with E-state index < -0.39 is 5.82 Å². The second-order valence-electron chi connectivity index (χ2n) is 3.41. The second-order valence-corrected chi connectivity index (χ2v) is 3.41. The van der Waals surface area contributed by atoms with Crippen molar-refractivity contribution in [2.45, 2.75) is 6.54 Å². The fourth-order valence-electron chi connectivity index (χ4n) is 1.34. The Hall–Kier alpha value is -2.24. The minimum Gasteiger partial charge on any atom is -0.368 e. The predicted octanol–water partition coefficient (Wildman–Crippen LogP) is 1.95. The third-order valence-electron chi connectivity index (χ3n) is 2.11. The summed E-state index contributed by atoms with van der Waals surface area (Å²) in [6.07, 6.45) is 0.982. The molecule has 0 unspecified atom stereocenters. The molecule has 0 spiro atoms. The summed E-state index contributed by atoms with van der Waals surface area (Å²) >= 11 is 0. The smallest absolute Gasteiger partial charge is 0.222 e. The molecule has 0 aliphatic heterocycles. The number of benzene rings is 1. The molecule has 0 bridgehead atoms. The van der Waals surface area contributed by atoms with Crippen LogP contribution in [0.15, 0.2) is 30.5 Å². The van der Waals surface area contributed by atoms with Crippen LogP contribution in [0.2, 0.25) is 0 Å². The van der Waals surface area contributed by atoms with Crippen LogP contribution >= 0.6 is 0 Å². The third-order valence-corrected chi connectivity index (χ3v) is 2.11. The summed E-state index contributed by atoms with van der Waals surface area (Å²) in [7, 11) is 0. The van der Waals surface area contributed by atoms with Crippen LogP contribution in [-0.2, 0) is 6.54 Å². The van der Waals surface area contributed by atoms with Crippen molar-refractivity contribution in [2.24, 2.45) is 0 Å². The van der Waals surface area contributed by atoms with Gasteiger partial charge in [-0.25, -0.2) is 13.8 Å². The molecule has 2 rings (SSSR count). The van der Waals surface area contributed by atoms with E-state index in [1.807, 2.05) is 0 Å². The molecule has 2 aromatic rings. The lowest BCUT2D eigenvalue weighted by Gasteiger charge is -2.06. The van der Waals surface area contributed by atoms with Crippen molar-refractivity contribution in [3.63, 3.8) is 0 Å². The highest BCUT2D eigenvalue weighted by atomic mass is 19.1. The van der Waals surface area contributed by atoms with Gasteiger partial charge in [0.15, 0.2) is 11.6 Å². The minimum atomic E-state index is -0.601. The number of aromatic nitrogens is 2. The van der Waals surface area contributed by atoms with Gasteiger partial charge in [0, 0.05) is 6.54 Å². The zero-order valence-electron chi connectivity index (χ0n) is 8.82. The summed E-state index contributed by atoms with van der Waals surface area (Å²) in [6.45, 7) is 0.255. The van der Waals surface area contributed by atoms with E-state index in [0.717, 1.165) is 6.20 Å². The highest BCUT2D eigenvalue weighted by Crippen LogP contribution is 2.12. The molecular formula is C11H10F2N4. The van der Waals surface area contributed by atoms with Crippen molar-refractivity contribution in [1.82, 2.24) is 9.97 Å². The van der Waals surface area contributed by atoms with Gasteiger partial charge in [-0.3, -0.25) is 0 Å². The quantitative estimate of drug-likeness (QED) is 0.854. The van der Waals surface area contributed by atoms with Crippen LogP contribution in [-0.4, -0.2) is 9.97 Å². The van der Waals surface area contributed by atoms with E-state index in [1.165, 1.54) is 12.1 Å². The third kappa shape index (κ3) is 2.87. The topological polar surface area (TPSA) is 63.8 Å². The van der Waals surface area contributed by atoms with Crippen molar-refractivity contribution in [1.29, 1.82) is 0 Å². The Kier molecular flexibility index (Phi) is 3.13. The molecule has 0 saturated heterocycles. The largest absolute Gasteiger partial charge is 0.368 e. The summed E-state index contributed by atoms with van der Waals surface area (Å²) in [5.74, 6) is -0.961. The normalized spacial score (nSPS) is 10.2. The summed E-state index contributed by atoms with van der Waals surface area (Å²) < 4.78 is 26.1. The average Bonchev–Trinajstić information content (AvgIpc) is 2.30. The monoisotopic (exact) mass is 236 g/mol. The van der Waals surface area contributed by atoms with Crippen LogP contribution in [0, 0.1) is 11.6 Å². The van der Waals surface area contributed by atoms with Gasteiger partial charge < -0.3 is 11.1 Å². The molecule has 1 aromatic carbocycles. The molecule has 0 saturated carbocycles. The van der Waals surface area contributed by atoms with Gasteiger partial charge >= 0.3 is 0 Å². The number of anilines is 2. The number of hydrogen-bond acceptors (Lipinski definition) is 4. The molecule has 1 heterocycles. The zero-order valence-corrected chi connectivity index (χ0v) is 8.82. The highest BCUT2D eigenvalue weighted by molar-refractivity contribution is 5.39. The van der Waals surface area contributed by atoms with Gasteiger partial charge in [-0.15, -0.1) is 0 Å². The van der Waals surface area contributed by atoms with E-state index in [-0.39, 0.29) is 24.1 Å². The number of nitrogens with zero attached hydrogens (tertiary/aromatic N) is 2. The van der Waals surface area contributed by atoms with Gasteiger partial charge in [0.05, 0.1) is 6.20 Å². The Morgan fingerprint density at radius 3 is 2.88 bits per heavy atom. The Balaban J connectivity index is 2.09. The molecule has 0 amide bonds. The number of nitrogen functional groups attached to an aromatic ring is 1. The number of rotatable bonds is 3. The second kappa shape index (κ2) is 4.73. The molecule has 1 aromatic heterocycles. The number of nitrogens with one attached hydrogen (secondary N) is 1. The minimum absolute atomic E-state index is 0.00163. The molecule has 4 nitrogen and oxygen atoms in total. The lowest BCUT2D eigenvalue weighted by Crippen LogP contribution is -2.06. The van der Waals surface area contributed by atoms with Gasteiger partial charge in [0.2, 0.25) is 5.95 Å². The average molecular weight is 236 g/mol. The molecule has 0 fully saturated rings. The van der Waals surface area contributed by atoms with E-state index in [0.29, 0.717) is 5.56 Å². The predicted molar refractivity (Wildman–Crippen MR) is 60.1 cm³/mol. The maximum Gasteiger partial charge on any atom is 0.222 e. The van der Waals surface area contributed by atoms with Gasteiger partial charge in [-0.05, 0) is 17.7 Å². The summed E-state index contributed by atoms with van der Waals surface area (Å²) in [5, 5.41) is 2.72. The van der Waals surface area contributed by atoms with Crippen molar-refractivity contribution in [3.05, 3.63) is 47.7 Å². The number of hydrogen-bond donors (Lipinski definition) is 2. The van der Waals surface area contributed by atoms with Crippen molar-refractivity contribution >= 4 is 11.8 Å². The van der Waals surface area contributed by atoms with Gasteiger partial charge in [0.25, 0.3) is 0 Å². The van der Waals surface area contributed by atoms with Crippen LogP contribution in [0.25, 0.3) is 0 Å². The maximum absolute atomic E-state index is 13.2. The molecule has 0 radical (unpaired) electrons. The highest BCUT2D eigenvalue weighted by Gasteiger charge is 2.05. The lowest BCUT2D eigenvalue weighted by atomic mass is 10.2. The zero-order chi connectivity index (χ0) is 12.3. The Morgan fingerprint density at radius 2 is 2.12 bits per heavy atom. The molecule has 88 valence electrons. The van der Waals surface area contributed by atoms with Crippen LogP contribution in [0.4, 0.5) is 20.5 Å². The van der Waals surface area contributed by atoms with E-state index >= 15 is 0 Å². The van der Waals surface area contributed by atoms with Crippen LogP contribution in [0.1, 0.15) is 5.56 Å². The van der Waals surface area contributed by atoms with E-state index in [1.54, 1.807) is 12.1 Å². The fraction of sp³-hybridized carbons (Fsp3) is 0.0909. The Bertz CT molecular complexity index is 531. The van der Waals surface area contributed by atoms with Crippen molar-refractivity contribution < 1.29 is 8.78 Å². The molecule has 3 N–H and O–H groups in total. The summed E-state index contributed by atoms with van der Waals surface area (Å²) in [4.78, 5) is 7.20. The van der Waals surface area contributed by atoms with Crippen LogP contribution in [0.5, 0.6) is 0 Å². The summed E-state index contributed by atoms with van der Waals surface area (Å²) in [6, 6.07) is 6.00. The van der Waals surface area contributed by atoms with Crippen LogP contribution in [0.3, 0.4) is 0 Å². The molecule has 0 aliphatic carbocycles. The van der Waals surface area contributed by atoms with E-state index in [4.69, 9.17) is 5.73 Å². The molecular weight excluding hydrogens is 226 g/mol. The first-order valence-electron chi connectivity index (χ1n) is 4.91. The standard InChI is InChI=1S/C11H10F2N4/c12-8-3-1-2-7(4-8)5-15-10-9(13)6-16-11(14)17-10/h1-4,6H,5H2,(H3,14,15,16,17). The Morgan fingerprint density at radius 1 is 1.29 bits per heavy atom. The lowest BCUT2D eigenvalue weighted by molar-refractivity contribution is 0.617. The number of nitrogens with two attached hydrogens (primary N) is 1. The maximum atomic E-state index is 13.2. The first-order chi connectivity index (χ1) is 8.15. The molecule has 0 aliphatic rings.